The number of benzene rings is 3. The Morgan fingerprint density at radius 3 is 2.40 bits per heavy atom. The summed E-state index contributed by atoms with van der Waals surface area (Å²) in [5.41, 5.74) is 1.86. The number of hydrogen-bond donors (Lipinski definition) is 1. The minimum Gasteiger partial charge on any atom is -0.496 e. The topological polar surface area (TPSA) is 84.9 Å². The predicted molar refractivity (Wildman–Crippen MR) is 129 cm³/mol. The number of halogens is 1. The Balaban J connectivity index is 1.63. The number of rotatable bonds is 7. The van der Waals surface area contributed by atoms with E-state index < -0.39 is 17.8 Å². The summed E-state index contributed by atoms with van der Waals surface area (Å²) in [6, 6.07) is 17.1. The molecule has 35 heavy (non-hydrogen) atoms. The molecule has 1 aliphatic rings. The van der Waals surface area contributed by atoms with Crippen LogP contribution in [-0.2, 0) is 16.0 Å². The Bertz CT molecular complexity index is 1320. The largest absolute Gasteiger partial charge is 0.496 e. The second-order valence-corrected chi connectivity index (χ2v) is 7.72. The Morgan fingerprint density at radius 1 is 0.971 bits per heavy atom. The van der Waals surface area contributed by atoms with Crippen LogP contribution in [0.15, 0.2) is 72.3 Å². The number of carbonyl (C=O) groups is 3. The first-order valence-electron chi connectivity index (χ1n) is 11.0. The molecule has 1 saturated heterocycles. The van der Waals surface area contributed by atoms with Gasteiger partial charge in [0.15, 0.2) is 0 Å². The highest BCUT2D eigenvalue weighted by atomic mass is 19.1. The van der Waals surface area contributed by atoms with Gasteiger partial charge >= 0.3 is 6.03 Å². The summed E-state index contributed by atoms with van der Waals surface area (Å²) in [4.78, 5) is 39.0. The molecule has 1 fully saturated rings. The number of amides is 4. The zero-order chi connectivity index (χ0) is 24.9. The standard InChI is InChI=1S/C27H23FN2O5/c1-3-35-21-12-10-20(11-13-21)30-26(32)22(25(31)29-27(30)33)14-17-8-9-19(24(15-17)34-2)16-18-6-4-5-7-23(18)28/h4-15H,3,16H2,1-2H3,(H,29,31,33)/b22-14+. The molecule has 0 bridgehead atoms. The highest BCUT2D eigenvalue weighted by Gasteiger charge is 2.36. The van der Waals surface area contributed by atoms with Gasteiger partial charge < -0.3 is 9.47 Å². The Labute approximate surface area is 201 Å². The molecule has 0 saturated carbocycles. The van der Waals surface area contributed by atoms with E-state index in [4.69, 9.17) is 9.47 Å². The summed E-state index contributed by atoms with van der Waals surface area (Å²) in [6.07, 6.45) is 1.70. The van der Waals surface area contributed by atoms with Crippen molar-refractivity contribution in [3.8, 4) is 11.5 Å². The summed E-state index contributed by atoms with van der Waals surface area (Å²) >= 11 is 0. The van der Waals surface area contributed by atoms with Gasteiger partial charge in [-0.1, -0.05) is 30.3 Å². The van der Waals surface area contributed by atoms with Crippen molar-refractivity contribution >= 4 is 29.6 Å². The van der Waals surface area contributed by atoms with Crippen molar-refractivity contribution in [2.75, 3.05) is 18.6 Å². The summed E-state index contributed by atoms with van der Waals surface area (Å²) < 4.78 is 24.9. The normalized spacial score (nSPS) is 14.8. The zero-order valence-electron chi connectivity index (χ0n) is 19.2. The molecule has 4 rings (SSSR count). The lowest BCUT2D eigenvalue weighted by atomic mass is 10.00. The van der Waals surface area contributed by atoms with Gasteiger partial charge in [0.25, 0.3) is 11.8 Å². The van der Waals surface area contributed by atoms with Gasteiger partial charge in [-0.05, 0) is 66.1 Å². The van der Waals surface area contributed by atoms with Crippen LogP contribution < -0.4 is 19.7 Å². The van der Waals surface area contributed by atoms with Crippen LogP contribution in [0.3, 0.4) is 0 Å². The predicted octanol–water partition coefficient (Wildman–Crippen LogP) is 4.49. The van der Waals surface area contributed by atoms with E-state index in [0.29, 0.717) is 41.3 Å². The quantitative estimate of drug-likeness (QED) is 0.403. The maximum absolute atomic E-state index is 14.1. The van der Waals surface area contributed by atoms with E-state index in [1.54, 1.807) is 60.7 Å². The molecule has 1 aliphatic heterocycles. The van der Waals surface area contributed by atoms with Gasteiger partial charge in [-0.2, -0.15) is 0 Å². The van der Waals surface area contributed by atoms with Crippen molar-refractivity contribution < 1.29 is 28.2 Å². The van der Waals surface area contributed by atoms with E-state index in [0.717, 1.165) is 10.5 Å². The number of hydrogen-bond acceptors (Lipinski definition) is 5. The van der Waals surface area contributed by atoms with Crippen molar-refractivity contribution in [3.05, 3.63) is 94.8 Å². The van der Waals surface area contributed by atoms with E-state index in [-0.39, 0.29) is 11.4 Å². The maximum atomic E-state index is 14.1. The minimum atomic E-state index is -0.834. The number of anilines is 1. The third-order valence-corrected chi connectivity index (χ3v) is 5.47. The van der Waals surface area contributed by atoms with Crippen LogP contribution in [0.4, 0.5) is 14.9 Å². The van der Waals surface area contributed by atoms with Gasteiger partial charge in [-0.25, -0.2) is 14.1 Å². The second-order valence-electron chi connectivity index (χ2n) is 7.72. The van der Waals surface area contributed by atoms with Crippen molar-refractivity contribution in [1.82, 2.24) is 5.32 Å². The second kappa shape index (κ2) is 10.2. The molecule has 178 valence electrons. The molecule has 0 unspecified atom stereocenters. The fourth-order valence-electron chi connectivity index (χ4n) is 3.76. The van der Waals surface area contributed by atoms with Crippen LogP contribution in [0, 0.1) is 5.82 Å². The first-order chi connectivity index (χ1) is 16.9. The summed E-state index contributed by atoms with van der Waals surface area (Å²) in [5, 5.41) is 2.20. The van der Waals surface area contributed by atoms with Gasteiger partial charge in [0.1, 0.15) is 22.9 Å². The Morgan fingerprint density at radius 2 is 1.71 bits per heavy atom. The molecule has 3 aromatic rings. The third-order valence-electron chi connectivity index (χ3n) is 5.47. The molecule has 8 heteroatoms. The van der Waals surface area contributed by atoms with Crippen molar-refractivity contribution in [1.29, 1.82) is 0 Å². The lowest BCUT2D eigenvalue weighted by Gasteiger charge is -2.26. The van der Waals surface area contributed by atoms with Gasteiger partial charge in [0.2, 0.25) is 0 Å². The lowest BCUT2D eigenvalue weighted by Crippen LogP contribution is -2.54. The molecule has 1 heterocycles. The number of ether oxygens (including phenoxy) is 2. The molecule has 0 aromatic heterocycles. The molecule has 4 amide bonds. The number of nitrogens with one attached hydrogen (secondary N) is 1. The van der Waals surface area contributed by atoms with Crippen LogP contribution in [0.25, 0.3) is 6.08 Å². The van der Waals surface area contributed by atoms with Crippen LogP contribution >= 0.6 is 0 Å². The van der Waals surface area contributed by atoms with Gasteiger partial charge in [0, 0.05) is 6.42 Å². The number of methoxy groups -OCH3 is 1. The molecular formula is C27H23FN2O5. The van der Waals surface area contributed by atoms with E-state index >= 15 is 0 Å². The number of barbiturate groups is 1. The summed E-state index contributed by atoms with van der Waals surface area (Å²) in [5.74, 6) is -0.792. The van der Waals surface area contributed by atoms with Gasteiger partial charge in [-0.3, -0.25) is 14.9 Å². The molecule has 7 nitrogen and oxygen atoms in total. The molecule has 0 atom stereocenters. The van der Waals surface area contributed by atoms with Crippen LogP contribution in [0.1, 0.15) is 23.6 Å². The van der Waals surface area contributed by atoms with Crippen molar-refractivity contribution in [3.63, 3.8) is 0 Å². The molecular weight excluding hydrogens is 451 g/mol. The van der Waals surface area contributed by atoms with E-state index in [9.17, 15) is 18.8 Å². The van der Waals surface area contributed by atoms with Crippen LogP contribution in [-0.4, -0.2) is 31.6 Å². The Hall–Kier alpha value is -4.46. The SMILES string of the molecule is CCOc1ccc(N2C(=O)NC(=O)/C(=C\c3ccc(Cc4ccccc4F)c(OC)c3)C2=O)cc1. The van der Waals surface area contributed by atoms with Crippen LogP contribution in [0.5, 0.6) is 11.5 Å². The number of carbonyl (C=O) groups excluding carboxylic acids is 3. The summed E-state index contributed by atoms with van der Waals surface area (Å²) in [7, 11) is 1.49. The van der Waals surface area contributed by atoms with E-state index in [2.05, 4.69) is 5.32 Å². The summed E-state index contributed by atoms with van der Waals surface area (Å²) in [6.45, 7) is 2.33. The fraction of sp³-hybridized carbons (Fsp3) is 0.148. The average molecular weight is 474 g/mol. The first kappa shape index (κ1) is 23.7. The number of nitrogens with zero attached hydrogens (tertiary/aromatic N) is 1. The molecule has 0 aliphatic carbocycles. The monoisotopic (exact) mass is 474 g/mol. The zero-order valence-corrected chi connectivity index (χ0v) is 19.2. The number of imide groups is 2. The maximum Gasteiger partial charge on any atom is 0.335 e. The van der Waals surface area contributed by atoms with E-state index in [1.165, 1.54) is 19.3 Å². The fourth-order valence-corrected chi connectivity index (χ4v) is 3.76. The minimum absolute atomic E-state index is 0.206. The average Bonchev–Trinajstić information content (AvgIpc) is 2.85. The molecule has 3 aromatic carbocycles. The molecule has 0 radical (unpaired) electrons. The highest BCUT2D eigenvalue weighted by molar-refractivity contribution is 6.39. The van der Waals surface area contributed by atoms with Crippen LogP contribution in [0.2, 0.25) is 0 Å². The molecule has 1 N–H and O–H groups in total. The lowest BCUT2D eigenvalue weighted by molar-refractivity contribution is -0.122. The number of urea groups is 1. The van der Waals surface area contributed by atoms with Gasteiger partial charge in [-0.15, -0.1) is 0 Å². The smallest absolute Gasteiger partial charge is 0.335 e. The third kappa shape index (κ3) is 5.06. The highest BCUT2D eigenvalue weighted by Crippen LogP contribution is 2.27. The first-order valence-corrected chi connectivity index (χ1v) is 11.0. The van der Waals surface area contributed by atoms with Crippen molar-refractivity contribution in [2.24, 2.45) is 0 Å². The van der Waals surface area contributed by atoms with Gasteiger partial charge in [0.05, 0.1) is 19.4 Å². The van der Waals surface area contributed by atoms with Crippen molar-refractivity contribution in [2.45, 2.75) is 13.3 Å². The Kier molecular flexibility index (Phi) is 6.91. The van der Waals surface area contributed by atoms with E-state index in [1.807, 2.05) is 6.92 Å². The molecule has 0 spiro atoms.